The average Bonchev–Trinajstić information content (AvgIpc) is 3.46. The van der Waals surface area contributed by atoms with Crippen molar-refractivity contribution in [1.29, 1.82) is 0 Å². The number of aromatic nitrogens is 1. The first-order valence-electron chi connectivity index (χ1n) is 14.9. The van der Waals surface area contributed by atoms with Gasteiger partial charge in [-0.25, -0.2) is 4.98 Å². The smallest absolute Gasteiger partial charge is 0.272 e. The van der Waals surface area contributed by atoms with Gasteiger partial charge < -0.3 is 25.4 Å². The van der Waals surface area contributed by atoms with Gasteiger partial charge in [0.15, 0.2) is 16.6 Å². The summed E-state index contributed by atoms with van der Waals surface area (Å²) in [5.41, 5.74) is 4.43. The maximum Gasteiger partial charge on any atom is 0.272 e. The van der Waals surface area contributed by atoms with Crippen molar-refractivity contribution in [3.63, 3.8) is 0 Å². The number of benzene rings is 4. The summed E-state index contributed by atoms with van der Waals surface area (Å²) in [6.07, 6.45) is 1.53. The zero-order valence-electron chi connectivity index (χ0n) is 26.8. The van der Waals surface area contributed by atoms with E-state index in [4.69, 9.17) is 9.47 Å². The number of hydrogen-bond donors (Lipinski definition) is 3. The summed E-state index contributed by atoms with van der Waals surface area (Å²) in [4.78, 5) is 46.0. The molecule has 11 heteroatoms. The van der Waals surface area contributed by atoms with Gasteiger partial charge in [0, 0.05) is 32.2 Å². The van der Waals surface area contributed by atoms with Crippen molar-refractivity contribution < 1.29 is 23.9 Å². The molecule has 9 nitrogen and oxygen atoms in total. The number of para-hydroxylation sites is 1. The molecule has 0 aliphatic heterocycles. The highest BCUT2D eigenvalue weighted by Gasteiger charge is 2.18. The second-order valence-corrected chi connectivity index (χ2v) is 12.8. The van der Waals surface area contributed by atoms with Crippen molar-refractivity contribution in [3.8, 4) is 22.8 Å². The van der Waals surface area contributed by atoms with Crippen LogP contribution in [0.2, 0.25) is 0 Å². The molecular weight excluding hydrogens is 645 g/mol. The summed E-state index contributed by atoms with van der Waals surface area (Å²) >= 11 is 2.76. The molecule has 0 aliphatic rings. The second-order valence-electron chi connectivity index (χ2n) is 10.6. The number of carbonyl (C=O) groups is 3. The predicted molar refractivity (Wildman–Crippen MR) is 193 cm³/mol. The zero-order chi connectivity index (χ0) is 34.0. The molecule has 244 valence electrons. The number of carbonyl (C=O) groups excluding carboxylic acids is 3. The minimum absolute atomic E-state index is 0.00316. The molecule has 0 unspecified atom stereocenters. The number of aryl methyl sites for hydroxylation is 2. The molecule has 1 heterocycles. The Labute approximate surface area is 287 Å². The van der Waals surface area contributed by atoms with Crippen LogP contribution >= 0.6 is 23.1 Å². The van der Waals surface area contributed by atoms with Gasteiger partial charge in [-0.1, -0.05) is 66.2 Å². The van der Waals surface area contributed by atoms with Crippen LogP contribution in [0, 0.1) is 13.8 Å². The summed E-state index contributed by atoms with van der Waals surface area (Å²) in [7, 11) is 3.02. The fraction of sp³-hybridized carbons (Fsp3) is 0.135. The molecule has 0 bridgehead atoms. The Morgan fingerprint density at radius 3 is 2.33 bits per heavy atom. The third-order valence-electron chi connectivity index (χ3n) is 7.09. The molecule has 3 amide bonds. The molecule has 48 heavy (non-hydrogen) atoms. The molecule has 4 aromatic carbocycles. The van der Waals surface area contributed by atoms with E-state index in [0.717, 1.165) is 21.0 Å². The minimum atomic E-state index is -0.549. The Morgan fingerprint density at radius 2 is 1.60 bits per heavy atom. The molecule has 5 aromatic rings. The molecule has 0 atom stereocenters. The number of anilines is 2. The van der Waals surface area contributed by atoms with E-state index in [1.165, 1.54) is 49.0 Å². The number of nitrogens with zero attached hydrogens (tertiary/aromatic N) is 1. The fourth-order valence-corrected chi connectivity index (χ4v) is 6.33. The summed E-state index contributed by atoms with van der Waals surface area (Å²) in [5, 5.41) is 9.04. The van der Waals surface area contributed by atoms with E-state index in [9.17, 15) is 14.4 Å². The molecule has 1 aromatic heterocycles. The molecule has 0 aliphatic carbocycles. The predicted octanol–water partition coefficient (Wildman–Crippen LogP) is 7.58. The van der Waals surface area contributed by atoms with E-state index >= 15 is 0 Å². The third-order valence-corrected chi connectivity index (χ3v) is 8.97. The Balaban J connectivity index is 1.28. The van der Waals surface area contributed by atoms with Crippen LogP contribution in [0.15, 0.2) is 108 Å². The third kappa shape index (κ3) is 8.69. The fourth-order valence-electron chi connectivity index (χ4n) is 4.72. The number of methoxy groups -OCH3 is 2. The summed E-state index contributed by atoms with van der Waals surface area (Å²) < 4.78 is 10.9. The van der Waals surface area contributed by atoms with Gasteiger partial charge in [0.05, 0.1) is 25.7 Å². The standard InChI is InChI=1S/C37H34N4O5S2/c1-23-16-18-25(19-17-23)33-24(2)48-37(41-33)40-32(42)22-47-29-14-9-13-28(21-29)38-36(44)30(39-35(43)26-10-6-5-7-11-26)20-27-12-8-15-31(45-3)34(27)46-4/h5-21H,22H2,1-4H3,(H,38,44)(H,39,43)(H,40,41,42)/b30-20+. The second kappa shape index (κ2) is 15.9. The lowest BCUT2D eigenvalue weighted by Crippen LogP contribution is -2.30. The van der Waals surface area contributed by atoms with Crippen LogP contribution in [-0.4, -0.2) is 42.7 Å². The van der Waals surface area contributed by atoms with Crippen molar-refractivity contribution in [2.75, 3.05) is 30.6 Å². The van der Waals surface area contributed by atoms with Crippen LogP contribution in [0.3, 0.4) is 0 Å². The highest BCUT2D eigenvalue weighted by Crippen LogP contribution is 2.33. The van der Waals surface area contributed by atoms with Gasteiger partial charge in [-0.2, -0.15) is 0 Å². The lowest BCUT2D eigenvalue weighted by molar-refractivity contribution is -0.114. The Hall–Kier alpha value is -5.39. The number of rotatable bonds is 12. The molecule has 3 N–H and O–H groups in total. The highest BCUT2D eigenvalue weighted by atomic mass is 32.2. The number of nitrogens with one attached hydrogen (secondary N) is 3. The molecule has 0 saturated carbocycles. The van der Waals surface area contributed by atoms with E-state index in [-0.39, 0.29) is 17.4 Å². The number of hydrogen-bond acceptors (Lipinski definition) is 8. The van der Waals surface area contributed by atoms with Crippen LogP contribution in [-0.2, 0) is 9.59 Å². The Morgan fingerprint density at radius 1 is 0.854 bits per heavy atom. The summed E-state index contributed by atoms with van der Waals surface area (Å²) in [5.74, 6) is -0.159. The van der Waals surface area contributed by atoms with E-state index < -0.39 is 11.8 Å². The number of ether oxygens (including phenoxy) is 2. The van der Waals surface area contributed by atoms with E-state index in [1.54, 1.807) is 66.7 Å². The van der Waals surface area contributed by atoms with E-state index in [2.05, 4.69) is 20.9 Å². The quantitative estimate of drug-likeness (QED) is 0.0920. The first kappa shape index (κ1) is 34.0. The van der Waals surface area contributed by atoms with E-state index in [0.29, 0.717) is 33.4 Å². The van der Waals surface area contributed by atoms with Crippen molar-refractivity contribution in [1.82, 2.24) is 10.3 Å². The topological polar surface area (TPSA) is 119 Å². The normalized spacial score (nSPS) is 11.0. The lowest BCUT2D eigenvalue weighted by Gasteiger charge is -2.14. The first-order valence-corrected chi connectivity index (χ1v) is 16.7. The van der Waals surface area contributed by atoms with Gasteiger partial charge in [0.2, 0.25) is 5.91 Å². The van der Waals surface area contributed by atoms with Gasteiger partial charge in [0.1, 0.15) is 5.70 Å². The molecule has 0 radical (unpaired) electrons. The molecular formula is C37H34N4O5S2. The van der Waals surface area contributed by atoms with Crippen LogP contribution in [0.1, 0.15) is 26.4 Å². The van der Waals surface area contributed by atoms with Gasteiger partial charge in [-0.3, -0.25) is 14.4 Å². The van der Waals surface area contributed by atoms with E-state index in [1.807, 2.05) is 44.2 Å². The number of amides is 3. The van der Waals surface area contributed by atoms with Gasteiger partial charge >= 0.3 is 0 Å². The largest absolute Gasteiger partial charge is 0.493 e. The maximum atomic E-state index is 13.6. The summed E-state index contributed by atoms with van der Waals surface area (Å²) in [6.45, 7) is 4.02. The lowest BCUT2D eigenvalue weighted by atomic mass is 10.1. The van der Waals surface area contributed by atoms with Crippen LogP contribution < -0.4 is 25.4 Å². The number of thioether (sulfide) groups is 1. The Bertz CT molecular complexity index is 1960. The molecule has 0 spiro atoms. The van der Waals surface area contributed by atoms with Gasteiger partial charge in [0.25, 0.3) is 11.8 Å². The van der Waals surface area contributed by atoms with Gasteiger partial charge in [-0.05, 0) is 56.3 Å². The molecule has 5 rings (SSSR count). The first-order chi connectivity index (χ1) is 23.2. The monoisotopic (exact) mass is 678 g/mol. The average molecular weight is 679 g/mol. The van der Waals surface area contributed by atoms with Crippen molar-refractivity contribution in [3.05, 3.63) is 124 Å². The maximum absolute atomic E-state index is 13.6. The van der Waals surface area contributed by atoms with Crippen LogP contribution in [0.5, 0.6) is 11.5 Å². The summed E-state index contributed by atoms with van der Waals surface area (Å²) in [6, 6.07) is 29.1. The van der Waals surface area contributed by atoms with Crippen molar-refractivity contribution in [2.45, 2.75) is 18.7 Å². The van der Waals surface area contributed by atoms with Crippen LogP contribution in [0.4, 0.5) is 10.8 Å². The zero-order valence-corrected chi connectivity index (χ0v) is 28.5. The highest BCUT2D eigenvalue weighted by molar-refractivity contribution is 8.00. The van der Waals surface area contributed by atoms with Gasteiger partial charge in [-0.15, -0.1) is 23.1 Å². The number of thiazole rings is 1. The van der Waals surface area contributed by atoms with Crippen LogP contribution in [0.25, 0.3) is 17.3 Å². The molecule has 0 saturated heterocycles. The van der Waals surface area contributed by atoms with Crippen molar-refractivity contribution in [2.24, 2.45) is 0 Å². The SMILES string of the molecule is COc1cccc(/C=C(/NC(=O)c2ccccc2)C(=O)Nc2cccc(SCC(=O)Nc3nc(-c4ccc(C)cc4)c(C)s3)c2)c1OC. The Kier molecular flexibility index (Phi) is 11.3. The minimum Gasteiger partial charge on any atom is -0.493 e. The molecule has 0 fully saturated rings. The van der Waals surface area contributed by atoms with Crippen molar-refractivity contribution >= 4 is 57.7 Å².